The number of carbonyl (C=O) groups excluding carboxylic acids is 1. The van der Waals surface area contributed by atoms with Crippen LogP contribution in [-0.2, 0) is 0 Å². The van der Waals surface area contributed by atoms with Gasteiger partial charge in [-0.1, -0.05) is 0 Å². The zero-order valence-electron chi connectivity index (χ0n) is 14.8. The van der Waals surface area contributed by atoms with Crippen molar-refractivity contribution in [3.63, 3.8) is 0 Å². The molecule has 4 heterocycles. The molecular weight excluding hydrogens is 375 g/mol. The second-order valence-electron chi connectivity index (χ2n) is 6.46. The fourth-order valence-corrected chi connectivity index (χ4v) is 3.37. The Morgan fingerprint density at radius 2 is 2.11 bits per heavy atom. The zero-order valence-corrected chi connectivity index (χ0v) is 14.8. The van der Waals surface area contributed by atoms with E-state index < -0.39 is 18.1 Å². The van der Waals surface area contributed by atoms with Crippen LogP contribution in [0.4, 0.5) is 24.8 Å². The van der Waals surface area contributed by atoms with E-state index in [2.05, 4.69) is 25.6 Å². The van der Waals surface area contributed by atoms with Crippen molar-refractivity contribution in [1.82, 2.24) is 24.8 Å². The lowest BCUT2D eigenvalue weighted by atomic mass is 10.2. The van der Waals surface area contributed by atoms with Crippen molar-refractivity contribution in [1.29, 1.82) is 0 Å². The second-order valence-corrected chi connectivity index (χ2v) is 6.46. The number of fused-ring (bicyclic) bond motifs is 1. The highest BCUT2D eigenvalue weighted by molar-refractivity contribution is 6.03. The van der Waals surface area contributed by atoms with E-state index in [1.807, 2.05) is 0 Å². The monoisotopic (exact) mass is 391 g/mol. The third kappa shape index (κ3) is 3.23. The lowest BCUT2D eigenvalue weighted by molar-refractivity contribution is -0.146. The molecule has 1 aliphatic rings. The van der Waals surface area contributed by atoms with Crippen molar-refractivity contribution in [2.24, 2.45) is 0 Å². The van der Waals surface area contributed by atoms with Gasteiger partial charge >= 0.3 is 6.18 Å². The standard InChI is InChI=1S/C17H16F3N7O/c1-10-15(16(28)23-12-5-2-8-21-24-12)27-13(22-10)6-7-14(25-27)26-9-3-4-11(26)17(18,19)20/h2,5-8,11H,3-4,9H2,1H3,(H,23,24,28)/t11-/m0/s1. The summed E-state index contributed by atoms with van der Waals surface area (Å²) < 4.78 is 41.2. The third-order valence-corrected chi connectivity index (χ3v) is 4.59. The Balaban J connectivity index is 1.71. The quantitative estimate of drug-likeness (QED) is 0.738. The Morgan fingerprint density at radius 1 is 1.29 bits per heavy atom. The van der Waals surface area contributed by atoms with Gasteiger partial charge in [-0.2, -0.15) is 18.3 Å². The predicted molar refractivity (Wildman–Crippen MR) is 94.1 cm³/mol. The Morgan fingerprint density at radius 3 is 2.82 bits per heavy atom. The summed E-state index contributed by atoms with van der Waals surface area (Å²) in [5.41, 5.74) is 0.901. The van der Waals surface area contributed by atoms with E-state index in [1.165, 1.54) is 21.7 Å². The van der Waals surface area contributed by atoms with Crippen LogP contribution in [0.5, 0.6) is 0 Å². The maximum atomic E-state index is 13.3. The van der Waals surface area contributed by atoms with Crippen molar-refractivity contribution in [3.05, 3.63) is 41.9 Å². The van der Waals surface area contributed by atoms with Gasteiger partial charge in [-0.05, 0) is 44.0 Å². The fourth-order valence-electron chi connectivity index (χ4n) is 3.37. The van der Waals surface area contributed by atoms with Crippen LogP contribution in [-0.4, -0.2) is 49.5 Å². The molecule has 8 nitrogen and oxygen atoms in total. The van der Waals surface area contributed by atoms with Gasteiger partial charge < -0.3 is 10.2 Å². The molecule has 1 saturated heterocycles. The van der Waals surface area contributed by atoms with Gasteiger partial charge in [-0.25, -0.2) is 9.50 Å². The molecule has 0 aliphatic carbocycles. The topological polar surface area (TPSA) is 88.3 Å². The minimum Gasteiger partial charge on any atom is -0.343 e. The minimum absolute atomic E-state index is 0.0200. The molecule has 0 spiro atoms. The molecule has 28 heavy (non-hydrogen) atoms. The minimum atomic E-state index is -4.34. The summed E-state index contributed by atoms with van der Waals surface area (Å²) in [6.07, 6.45) is -2.43. The number of aromatic nitrogens is 5. The van der Waals surface area contributed by atoms with Gasteiger partial charge in [0.25, 0.3) is 5.91 Å². The average Bonchev–Trinajstić information content (AvgIpc) is 3.25. The first-order chi connectivity index (χ1) is 13.3. The summed E-state index contributed by atoms with van der Waals surface area (Å²) in [6.45, 7) is 1.88. The number of hydrogen-bond donors (Lipinski definition) is 1. The molecule has 3 aromatic rings. The first kappa shape index (κ1) is 18.1. The van der Waals surface area contributed by atoms with Crippen molar-refractivity contribution in [2.45, 2.75) is 32.0 Å². The van der Waals surface area contributed by atoms with Gasteiger partial charge in [0.05, 0.1) is 5.69 Å². The van der Waals surface area contributed by atoms with E-state index >= 15 is 0 Å². The lowest BCUT2D eigenvalue weighted by Crippen LogP contribution is -2.41. The largest absolute Gasteiger partial charge is 0.408 e. The van der Waals surface area contributed by atoms with Gasteiger partial charge in [0, 0.05) is 12.7 Å². The highest BCUT2D eigenvalue weighted by Gasteiger charge is 2.46. The van der Waals surface area contributed by atoms with Crippen molar-refractivity contribution in [2.75, 3.05) is 16.8 Å². The van der Waals surface area contributed by atoms with Crippen LogP contribution in [0.25, 0.3) is 5.65 Å². The van der Waals surface area contributed by atoms with Crippen molar-refractivity contribution in [3.8, 4) is 0 Å². The Labute approximate surface area is 157 Å². The highest BCUT2D eigenvalue weighted by Crippen LogP contribution is 2.35. The number of carbonyl (C=O) groups is 1. The maximum absolute atomic E-state index is 13.3. The molecule has 146 valence electrons. The first-order valence-electron chi connectivity index (χ1n) is 8.63. The number of nitrogens with zero attached hydrogens (tertiary/aromatic N) is 6. The van der Waals surface area contributed by atoms with Gasteiger partial charge in [0.1, 0.15) is 11.9 Å². The van der Waals surface area contributed by atoms with Crippen LogP contribution >= 0.6 is 0 Å². The number of nitrogens with one attached hydrogen (secondary N) is 1. The molecule has 1 aliphatic heterocycles. The fraction of sp³-hybridized carbons (Fsp3) is 0.353. The van der Waals surface area contributed by atoms with Gasteiger partial charge in [-0.15, -0.1) is 10.2 Å². The SMILES string of the molecule is Cc1nc2ccc(N3CCC[C@H]3C(F)(F)F)nn2c1C(=O)Nc1cccnn1. The lowest BCUT2D eigenvalue weighted by Gasteiger charge is -2.27. The summed E-state index contributed by atoms with van der Waals surface area (Å²) in [6, 6.07) is 4.65. The Kier molecular flexibility index (Phi) is 4.36. The number of halogens is 3. The molecule has 3 aromatic heterocycles. The Bertz CT molecular complexity index is 1020. The number of hydrogen-bond acceptors (Lipinski definition) is 6. The van der Waals surface area contributed by atoms with Crippen molar-refractivity contribution < 1.29 is 18.0 Å². The molecule has 1 fully saturated rings. The van der Waals surface area contributed by atoms with Crippen LogP contribution in [0.1, 0.15) is 29.0 Å². The molecule has 0 radical (unpaired) electrons. The summed E-state index contributed by atoms with van der Waals surface area (Å²) >= 11 is 0. The summed E-state index contributed by atoms with van der Waals surface area (Å²) in [5, 5.41) is 14.4. The van der Waals surface area contributed by atoms with Crippen LogP contribution in [0.15, 0.2) is 30.5 Å². The van der Waals surface area contributed by atoms with E-state index in [4.69, 9.17) is 0 Å². The summed E-state index contributed by atoms with van der Waals surface area (Å²) in [4.78, 5) is 18.2. The smallest absolute Gasteiger partial charge is 0.343 e. The maximum Gasteiger partial charge on any atom is 0.408 e. The van der Waals surface area contributed by atoms with Crippen LogP contribution in [0.2, 0.25) is 0 Å². The first-order valence-corrected chi connectivity index (χ1v) is 8.63. The molecule has 1 atom stereocenters. The van der Waals surface area contributed by atoms with E-state index in [0.717, 1.165) is 0 Å². The number of rotatable bonds is 3. The molecule has 11 heteroatoms. The molecule has 0 bridgehead atoms. The van der Waals surface area contributed by atoms with Crippen LogP contribution in [0.3, 0.4) is 0 Å². The summed E-state index contributed by atoms with van der Waals surface area (Å²) in [7, 11) is 0. The molecule has 1 amide bonds. The van der Waals surface area contributed by atoms with E-state index in [1.54, 1.807) is 25.1 Å². The molecular formula is C17H16F3N7O. The van der Waals surface area contributed by atoms with Gasteiger partial charge in [0.2, 0.25) is 0 Å². The molecule has 4 rings (SSSR count). The van der Waals surface area contributed by atoms with Gasteiger partial charge in [0.15, 0.2) is 17.2 Å². The van der Waals surface area contributed by atoms with E-state index in [9.17, 15) is 18.0 Å². The predicted octanol–water partition coefficient (Wildman–Crippen LogP) is 2.61. The number of amides is 1. The molecule has 0 aromatic carbocycles. The van der Waals surface area contributed by atoms with Gasteiger partial charge in [-0.3, -0.25) is 4.79 Å². The van der Waals surface area contributed by atoms with Crippen LogP contribution < -0.4 is 10.2 Å². The molecule has 1 N–H and O–H groups in total. The number of alkyl halides is 3. The number of imidazole rings is 1. The molecule has 0 unspecified atom stereocenters. The van der Waals surface area contributed by atoms with Crippen molar-refractivity contribution >= 4 is 23.2 Å². The molecule has 0 saturated carbocycles. The normalized spacial score (nSPS) is 17.3. The third-order valence-electron chi connectivity index (χ3n) is 4.59. The van der Waals surface area contributed by atoms with Crippen LogP contribution in [0, 0.1) is 6.92 Å². The average molecular weight is 391 g/mol. The van der Waals surface area contributed by atoms with E-state index in [-0.39, 0.29) is 30.3 Å². The number of anilines is 2. The second kappa shape index (κ2) is 6.73. The Hall–Kier alpha value is -3.24. The number of aryl methyl sites for hydroxylation is 1. The summed E-state index contributed by atoms with van der Waals surface area (Å²) in [5.74, 6) is -0.128. The van der Waals surface area contributed by atoms with E-state index in [0.29, 0.717) is 17.8 Å². The zero-order chi connectivity index (χ0) is 19.9. The highest BCUT2D eigenvalue weighted by atomic mass is 19.4.